The van der Waals surface area contributed by atoms with Crippen LogP contribution in [0.15, 0.2) is 53.4 Å². The average molecular weight is 406 g/mol. The van der Waals surface area contributed by atoms with Gasteiger partial charge >= 0.3 is 5.97 Å². The molecule has 0 radical (unpaired) electrons. The first-order chi connectivity index (χ1) is 13.3. The fourth-order valence-electron chi connectivity index (χ4n) is 2.45. The molecule has 0 saturated carbocycles. The van der Waals surface area contributed by atoms with Crippen molar-refractivity contribution < 1.29 is 27.5 Å². The van der Waals surface area contributed by atoms with E-state index in [9.17, 15) is 18.0 Å². The predicted molar refractivity (Wildman–Crippen MR) is 103 cm³/mol. The third-order valence-electron chi connectivity index (χ3n) is 3.97. The highest BCUT2D eigenvalue weighted by Crippen LogP contribution is 2.25. The second-order valence-corrected chi connectivity index (χ2v) is 7.70. The molecule has 150 valence electrons. The summed E-state index contributed by atoms with van der Waals surface area (Å²) in [6.45, 7) is 1.32. The lowest BCUT2D eigenvalue weighted by atomic mass is 10.1. The first kappa shape index (κ1) is 21.4. The standard InChI is InChI=1S/C19H22N2O6S/c1-13(14-7-5-4-6-8-14)21-18(22)12-27-19(23)15-9-10-16(26-3)17(11-15)28(24,25)20-2/h4-11,13,20H,12H2,1-3H3,(H,21,22)/t13-/m0/s1. The zero-order valence-electron chi connectivity index (χ0n) is 15.8. The molecule has 0 aliphatic heterocycles. The molecular weight excluding hydrogens is 384 g/mol. The van der Waals surface area contributed by atoms with E-state index in [-0.39, 0.29) is 22.3 Å². The lowest BCUT2D eigenvalue weighted by Gasteiger charge is -2.14. The van der Waals surface area contributed by atoms with Gasteiger partial charge in [0.2, 0.25) is 10.0 Å². The molecule has 0 spiro atoms. The number of methoxy groups -OCH3 is 1. The van der Waals surface area contributed by atoms with Crippen molar-refractivity contribution >= 4 is 21.9 Å². The van der Waals surface area contributed by atoms with Crippen molar-refractivity contribution in [1.82, 2.24) is 10.0 Å². The van der Waals surface area contributed by atoms with Gasteiger partial charge in [0.25, 0.3) is 5.91 Å². The highest BCUT2D eigenvalue weighted by Gasteiger charge is 2.21. The van der Waals surface area contributed by atoms with Crippen LogP contribution in [0.5, 0.6) is 5.75 Å². The summed E-state index contributed by atoms with van der Waals surface area (Å²) in [5.74, 6) is -1.21. The Morgan fingerprint density at radius 2 is 1.79 bits per heavy atom. The van der Waals surface area contributed by atoms with Crippen LogP contribution in [0.1, 0.15) is 28.9 Å². The van der Waals surface area contributed by atoms with Gasteiger partial charge in [-0.15, -0.1) is 0 Å². The number of rotatable bonds is 8. The van der Waals surface area contributed by atoms with Crippen LogP contribution in [0.25, 0.3) is 0 Å². The Morgan fingerprint density at radius 3 is 2.39 bits per heavy atom. The van der Waals surface area contributed by atoms with Crippen LogP contribution in [-0.4, -0.2) is 41.1 Å². The van der Waals surface area contributed by atoms with Gasteiger partial charge in [0, 0.05) is 0 Å². The van der Waals surface area contributed by atoms with Gasteiger partial charge in [-0.05, 0) is 37.7 Å². The van der Waals surface area contributed by atoms with Crippen molar-refractivity contribution in [2.24, 2.45) is 0 Å². The Labute approximate surface area is 163 Å². The second-order valence-electron chi connectivity index (χ2n) is 5.85. The summed E-state index contributed by atoms with van der Waals surface area (Å²) in [4.78, 5) is 24.0. The lowest BCUT2D eigenvalue weighted by Crippen LogP contribution is -2.31. The third-order valence-corrected chi connectivity index (χ3v) is 5.40. The monoisotopic (exact) mass is 406 g/mol. The number of esters is 1. The van der Waals surface area contributed by atoms with Crippen LogP contribution >= 0.6 is 0 Å². The van der Waals surface area contributed by atoms with Gasteiger partial charge in [-0.3, -0.25) is 4.79 Å². The van der Waals surface area contributed by atoms with E-state index in [0.717, 1.165) is 11.6 Å². The lowest BCUT2D eigenvalue weighted by molar-refractivity contribution is -0.124. The number of ether oxygens (including phenoxy) is 2. The van der Waals surface area contributed by atoms with Crippen LogP contribution in [0, 0.1) is 0 Å². The minimum atomic E-state index is -3.84. The second kappa shape index (κ2) is 9.34. The minimum absolute atomic E-state index is 0.0152. The van der Waals surface area contributed by atoms with Gasteiger partial charge in [-0.2, -0.15) is 0 Å². The van der Waals surface area contributed by atoms with Crippen molar-refractivity contribution in [2.75, 3.05) is 20.8 Å². The molecule has 0 aromatic heterocycles. The summed E-state index contributed by atoms with van der Waals surface area (Å²) in [5.41, 5.74) is 0.901. The Hall–Kier alpha value is -2.91. The van der Waals surface area contributed by atoms with Gasteiger partial charge < -0.3 is 14.8 Å². The fourth-order valence-corrected chi connectivity index (χ4v) is 3.36. The van der Waals surface area contributed by atoms with E-state index in [1.807, 2.05) is 37.3 Å². The minimum Gasteiger partial charge on any atom is -0.495 e. The molecule has 2 N–H and O–H groups in total. The van der Waals surface area contributed by atoms with Gasteiger partial charge in [-0.25, -0.2) is 17.9 Å². The van der Waals surface area contributed by atoms with Crippen molar-refractivity contribution in [3.05, 3.63) is 59.7 Å². The first-order valence-corrected chi connectivity index (χ1v) is 9.90. The molecule has 0 heterocycles. The summed E-state index contributed by atoms with van der Waals surface area (Å²) in [5, 5.41) is 2.72. The summed E-state index contributed by atoms with van der Waals surface area (Å²) in [6, 6.07) is 12.9. The summed E-state index contributed by atoms with van der Waals surface area (Å²) < 4.78 is 36.3. The van der Waals surface area contributed by atoms with Crippen LogP contribution < -0.4 is 14.8 Å². The average Bonchev–Trinajstić information content (AvgIpc) is 2.72. The maximum absolute atomic E-state index is 12.2. The number of amides is 1. The Morgan fingerprint density at radius 1 is 1.11 bits per heavy atom. The molecule has 0 unspecified atom stereocenters. The van der Waals surface area contributed by atoms with Gasteiger partial charge in [0.1, 0.15) is 10.6 Å². The smallest absolute Gasteiger partial charge is 0.338 e. The molecule has 0 bridgehead atoms. The molecular formula is C19H22N2O6S. The van der Waals surface area contributed by atoms with E-state index in [1.54, 1.807) is 0 Å². The third kappa shape index (κ3) is 5.30. The molecule has 1 amide bonds. The largest absolute Gasteiger partial charge is 0.495 e. The zero-order chi connectivity index (χ0) is 20.7. The van der Waals surface area contributed by atoms with Crippen molar-refractivity contribution in [2.45, 2.75) is 17.9 Å². The van der Waals surface area contributed by atoms with Crippen LogP contribution in [0.4, 0.5) is 0 Å². The van der Waals surface area contributed by atoms with Crippen molar-refractivity contribution in [3.63, 3.8) is 0 Å². The number of hydrogen-bond acceptors (Lipinski definition) is 6. The summed E-state index contributed by atoms with van der Waals surface area (Å²) in [7, 11) is -1.27. The Bertz CT molecular complexity index is 944. The normalized spacial score (nSPS) is 12.1. The number of carbonyl (C=O) groups excluding carboxylic acids is 2. The first-order valence-electron chi connectivity index (χ1n) is 8.41. The highest BCUT2D eigenvalue weighted by atomic mass is 32.2. The van der Waals surface area contributed by atoms with Crippen molar-refractivity contribution in [1.29, 1.82) is 0 Å². The maximum atomic E-state index is 12.2. The number of sulfonamides is 1. The van der Waals surface area contributed by atoms with E-state index < -0.39 is 28.5 Å². The highest BCUT2D eigenvalue weighted by molar-refractivity contribution is 7.89. The van der Waals surface area contributed by atoms with Crippen LogP contribution in [-0.2, 0) is 19.6 Å². The van der Waals surface area contributed by atoms with Gasteiger partial charge in [0.15, 0.2) is 6.61 Å². The molecule has 8 nitrogen and oxygen atoms in total. The topological polar surface area (TPSA) is 111 Å². The molecule has 2 rings (SSSR count). The Balaban J connectivity index is 2.03. The number of carbonyl (C=O) groups is 2. The molecule has 2 aromatic carbocycles. The van der Waals surface area contributed by atoms with E-state index >= 15 is 0 Å². The maximum Gasteiger partial charge on any atom is 0.338 e. The summed E-state index contributed by atoms with van der Waals surface area (Å²) >= 11 is 0. The van der Waals surface area contributed by atoms with Crippen LogP contribution in [0.2, 0.25) is 0 Å². The summed E-state index contributed by atoms with van der Waals surface area (Å²) in [6.07, 6.45) is 0. The van der Waals surface area contributed by atoms with Crippen LogP contribution in [0.3, 0.4) is 0 Å². The van der Waals surface area contributed by atoms with E-state index in [2.05, 4.69) is 10.0 Å². The molecule has 28 heavy (non-hydrogen) atoms. The molecule has 0 fully saturated rings. The Kier molecular flexibility index (Phi) is 7.13. The number of nitrogens with one attached hydrogen (secondary N) is 2. The van der Waals surface area contributed by atoms with E-state index in [4.69, 9.17) is 9.47 Å². The molecule has 9 heteroatoms. The van der Waals surface area contributed by atoms with E-state index in [1.165, 1.54) is 26.3 Å². The number of hydrogen-bond donors (Lipinski definition) is 2. The SMILES string of the molecule is CNS(=O)(=O)c1cc(C(=O)OCC(=O)N[C@@H](C)c2ccccc2)ccc1OC. The predicted octanol–water partition coefficient (Wildman–Crippen LogP) is 1.64. The molecule has 0 saturated heterocycles. The van der Waals surface area contributed by atoms with Crippen molar-refractivity contribution in [3.8, 4) is 5.75 Å². The molecule has 1 atom stereocenters. The quantitative estimate of drug-likeness (QED) is 0.645. The van der Waals surface area contributed by atoms with Gasteiger partial charge in [-0.1, -0.05) is 30.3 Å². The molecule has 0 aliphatic rings. The molecule has 0 aliphatic carbocycles. The number of benzene rings is 2. The fraction of sp³-hybridized carbons (Fsp3) is 0.263. The van der Waals surface area contributed by atoms with Gasteiger partial charge in [0.05, 0.1) is 18.7 Å². The molecule has 2 aromatic rings. The van der Waals surface area contributed by atoms with E-state index in [0.29, 0.717) is 0 Å². The zero-order valence-corrected chi connectivity index (χ0v) is 16.6.